The van der Waals surface area contributed by atoms with E-state index in [1.807, 2.05) is 54.6 Å². The summed E-state index contributed by atoms with van der Waals surface area (Å²) in [6.07, 6.45) is 6.89. The molecule has 3 rings (SSSR count). The molecule has 3 aromatic carbocycles. The zero-order valence-electron chi connectivity index (χ0n) is 20.5. The van der Waals surface area contributed by atoms with E-state index in [4.69, 9.17) is 23.7 Å². The second kappa shape index (κ2) is 12.2. The summed E-state index contributed by atoms with van der Waals surface area (Å²) < 4.78 is 27.3. The molecule has 0 amide bonds. The smallest absolute Gasteiger partial charge is 0.203 e. The minimum atomic E-state index is -0.116. The number of carbonyl (C=O) groups excluding carboxylic acids is 1. The molecule has 0 spiro atoms. The number of hydrogen-bond donors (Lipinski definition) is 1. The van der Waals surface area contributed by atoms with Crippen molar-refractivity contribution in [2.24, 2.45) is 0 Å². The number of nitrogens with one attached hydrogen (secondary N) is 1. The number of ether oxygens (including phenoxy) is 5. The quantitative estimate of drug-likeness (QED) is 0.216. The molecule has 3 aromatic rings. The van der Waals surface area contributed by atoms with Gasteiger partial charge in [0.05, 0.1) is 41.2 Å². The van der Waals surface area contributed by atoms with Gasteiger partial charge in [0.25, 0.3) is 0 Å². The van der Waals surface area contributed by atoms with Crippen LogP contribution in [-0.4, -0.2) is 41.3 Å². The fourth-order valence-corrected chi connectivity index (χ4v) is 3.51. The first-order valence-corrected chi connectivity index (χ1v) is 10.8. The number of rotatable bonds is 11. The Morgan fingerprint density at radius 3 is 1.91 bits per heavy atom. The lowest BCUT2D eigenvalue weighted by Gasteiger charge is -2.15. The molecule has 7 nitrogen and oxygen atoms in total. The fraction of sp³-hybridized carbons (Fsp3) is 0.179. The second-order valence-corrected chi connectivity index (χ2v) is 7.27. The van der Waals surface area contributed by atoms with Gasteiger partial charge in [-0.3, -0.25) is 4.79 Å². The van der Waals surface area contributed by atoms with Crippen molar-refractivity contribution in [3.05, 3.63) is 83.6 Å². The maximum atomic E-state index is 12.5. The highest BCUT2D eigenvalue weighted by molar-refractivity contribution is 6.04. The van der Waals surface area contributed by atoms with Crippen LogP contribution in [0, 0.1) is 0 Å². The predicted octanol–water partition coefficient (Wildman–Crippen LogP) is 5.71. The maximum absolute atomic E-state index is 12.5. The molecule has 182 valence electrons. The monoisotopic (exact) mass is 475 g/mol. The third-order valence-electron chi connectivity index (χ3n) is 5.24. The van der Waals surface area contributed by atoms with Crippen LogP contribution in [0.4, 0.5) is 5.69 Å². The molecule has 1 N–H and O–H groups in total. The predicted molar refractivity (Wildman–Crippen MR) is 138 cm³/mol. The molecule has 0 unspecified atom stereocenters. The molecular weight excluding hydrogens is 446 g/mol. The summed E-state index contributed by atoms with van der Waals surface area (Å²) in [6.45, 7) is 0. The van der Waals surface area contributed by atoms with Crippen molar-refractivity contribution >= 4 is 23.6 Å². The number of hydrogen-bond acceptors (Lipinski definition) is 7. The van der Waals surface area contributed by atoms with Gasteiger partial charge in [-0.2, -0.15) is 0 Å². The van der Waals surface area contributed by atoms with Gasteiger partial charge in [0, 0.05) is 23.4 Å². The van der Waals surface area contributed by atoms with Crippen LogP contribution in [0.2, 0.25) is 0 Å². The molecule has 0 aliphatic heterocycles. The molecule has 0 aliphatic rings. The van der Waals surface area contributed by atoms with Crippen LogP contribution in [0.3, 0.4) is 0 Å². The Bertz CT molecular complexity index is 1190. The molecule has 0 aromatic heterocycles. The van der Waals surface area contributed by atoms with Crippen molar-refractivity contribution in [1.82, 2.24) is 0 Å². The van der Waals surface area contributed by atoms with Gasteiger partial charge in [0.15, 0.2) is 28.8 Å². The van der Waals surface area contributed by atoms with E-state index in [1.54, 1.807) is 53.9 Å². The van der Waals surface area contributed by atoms with Crippen molar-refractivity contribution in [3.8, 4) is 28.7 Å². The average Bonchev–Trinajstić information content (AvgIpc) is 2.91. The maximum Gasteiger partial charge on any atom is 0.203 e. The lowest BCUT2D eigenvalue weighted by Crippen LogP contribution is -2.00. The zero-order chi connectivity index (χ0) is 25.2. The van der Waals surface area contributed by atoms with Gasteiger partial charge in [-0.05, 0) is 29.8 Å². The summed E-state index contributed by atoms with van der Waals surface area (Å²) in [5, 5.41) is 3.18. The largest absolute Gasteiger partial charge is 0.493 e. The molecule has 0 heterocycles. The highest BCUT2D eigenvalue weighted by Crippen LogP contribution is 2.40. The average molecular weight is 476 g/mol. The molecular formula is C28H29NO6. The Balaban J connectivity index is 1.96. The molecule has 0 atom stereocenters. The Kier molecular flexibility index (Phi) is 8.78. The summed E-state index contributed by atoms with van der Waals surface area (Å²) in [6, 6.07) is 16.5. The van der Waals surface area contributed by atoms with Crippen LogP contribution in [0.1, 0.15) is 21.5 Å². The van der Waals surface area contributed by atoms with Gasteiger partial charge in [0.1, 0.15) is 0 Å². The Labute approximate surface area is 205 Å². The summed E-state index contributed by atoms with van der Waals surface area (Å²) in [5.41, 5.74) is 2.90. The minimum absolute atomic E-state index is 0.116. The summed E-state index contributed by atoms with van der Waals surface area (Å²) >= 11 is 0. The Hall–Kier alpha value is -4.39. The van der Waals surface area contributed by atoms with Gasteiger partial charge >= 0.3 is 0 Å². The number of allylic oxidation sites excluding steroid dienone is 1. The van der Waals surface area contributed by atoms with Gasteiger partial charge in [-0.25, -0.2) is 0 Å². The third kappa shape index (κ3) is 5.95. The number of methoxy groups -OCH3 is 5. The van der Waals surface area contributed by atoms with Gasteiger partial charge in [-0.1, -0.05) is 42.5 Å². The standard InChI is InChI=1S/C28H29NO6/c1-31-23-14-13-21(12-11-19-17-24(32-2)27(34-4)25(18-19)33-3)26(28(23)35-5)29-16-15-22(30)20-9-7-6-8-10-20/h6-18,29H,1-5H3/b12-11+,16-15-. The Morgan fingerprint density at radius 2 is 1.34 bits per heavy atom. The van der Waals surface area contributed by atoms with Crippen molar-refractivity contribution in [2.45, 2.75) is 0 Å². The van der Waals surface area contributed by atoms with E-state index in [2.05, 4.69) is 5.32 Å². The minimum Gasteiger partial charge on any atom is -0.493 e. The first-order chi connectivity index (χ1) is 17.1. The number of benzene rings is 3. The van der Waals surface area contributed by atoms with E-state index in [-0.39, 0.29) is 5.78 Å². The molecule has 0 saturated heterocycles. The SMILES string of the molecule is COc1cc(/C=C/c2ccc(OC)c(OC)c2N/C=C\C(=O)c2ccccc2)cc(OC)c1OC. The number of ketones is 1. The van der Waals surface area contributed by atoms with E-state index in [0.29, 0.717) is 40.0 Å². The summed E-state index contributed by atoms with van der Waals surface area (Å²) in [7, 11) is 7.85. The van der Waals surface area contributed by atoms with E-state index in [0.717, 1.165) is 11.1 Å². The molecule has 0 fully saturated rings. The van der Waals surface area contributed by atoms with E-state index in [9.17, 15) is 4.79 Å². The van der Waals surface area contributed by atoms with Crippen LogP contribution in [0.15, 0.2) is 66.9 Å². The molecule has 0 saturated carbocycles. The molecule has 7 heteroatoms. The van der Waals surface area contributed by atoms with Crippen molar-refractivity contribution in [2.75, 3.05) is 40.9 Å². The van der Waals surface area contributed by atoms with E-state index < -0.39 is 0 Å². The van der Waals surface area contributed by atoms with E-state index in [1.165, 1.54) is 6.08 Å². The fourth-order valence-electron chi connectivity index (χ4n) is 3.51. The van der Waals surface area contributed by atoms with Crippen LogP contribution in [0.25, 0.3) is 12.2 Å². The van der Waals surface area contributed by atoms with Crippen LogP contribution < -0.4 is 29.0 Å². The highest BCUT2D eigenvalue weighted by Gasteiger charge is 2.15. The van der Waals surface area contributed by atoms with Gasteiger partial charge in [0.2, 0.25) is 5.75 Å². The van der Waals surface area contributed by atoms with Crippen LogP contribution in [-0.2, 0) is 0 Å². The van der Waals surface area contributed by atoms with E-state index >= 15 is 0 Å². The lowest BCUT2D eigenvalue weighted by molar-refractivity contribution is 0.104. The summed E-state index contributed by atoms with van der Waals surface area (Å²) in [4.78, 5) is 12.5. The first-order valence-electron chi connectivity index (χ1n) is 10.8. The van der Waals surface area contributed by atoms with Crippen molar-refractivity contribution in [1.29, 1.82) is 0 Å². The topological polar surface area (TPSA) is 75.2 Å². The van der Waals surface area contributed by atoms with Gasteiger partial charge in [-0.15, -0.1) is 0 Å². The molecule has 0 aliphatic carbocycles. The lowest BCUT2D eigenvalue weighted by atomic mass is 10.1. The molecule has 0 bridgehead atoms. The zero-order valence-corrected chi connectivity index (χ0v) is 20.5. The second-order valence-electron chi connectivity index (χ2n) is 7.27. The van der Waals surface area contributed by atoms with Crippen molar-refractivity contribution < 1.29 is 28.5 Å². The Morgan fingerprint density at radius 1 is 0.714 bits per heavy atom. The van der Waals surface area contributed by atoms with Crippen LogP contribution >= 0.6 is 0 Å². The third-order valence-corrected chi connectivity index (χ3v) is 5.24. The first kappa shape index (κ1) is 25.2. The van der Waals surface area contributed by atoms with Crippen molar-refractivity contribution in [3.63, 3.8) is 0 Å². The molecule has 0 radical (unpaired) electrons. The van der Waals surface area contributed by atoms with Crippen LogP contribution in [0.5, 0.6) is 28.7 Å². The highest BCUT2D eigenvalue weighted by atomic mass is 16.5. The normalized spacial score (nSPS) is 10.9. The molecule has 35 heavy (non-hydrogen) atoms. The van der Waals surface area contributed by atoms with Gasteiger partial charge < -0.3 is 29.0 Å². The number of anilines is 1. The summed E-state index contributed by atoms with van der Waals surface area (Å²) in [5.74, 6) is 2.58. The number of carbonyl (C=O) groups is 1.